The molecule has 0 bridgehead atoms. The minimum Gasteiger partial charge on any atom is -0.460 e. The molecule has 0 atom stereocenters. The lowest BCUT2D eigenvalue weighted by Gasteiger charge is -2.06. The average molecular weight is 343 g/mol. The van der Waals surface area contributed by atoms with Crippen LogP contribution in [0.2, 0.25) is 5.02 Å². The van der Waals surface area contributed by atoms with Crippen LogP contribution in [0.5, 0.6) is 0 Å². The zero-order chi connectivity index (χ0) is 17.1. The summed E-state index contributed by atoms with van der Waals surface area (Å²) >= 11 is 5.90. The van der Waals surface area contributed by atoms with E-state index < -0.39 is 11.8 Å². The first-order valence-corrected chi connectivity index (χ1v) is 7.55. The molecule has 4 nitrogen and oxygen atoms in total. The number of halogens is 2. The van der Waals surface area contributed by atoms with E-state index in [2.05, 4.69) is 6.07 Å². The third-order valence-electron chi connectivity index (χ3n) is 3.65. The van der Waals surface area contributed by atoms with Crippen LogP contribution in [0, 0.1) is 17.1 Å². The number of nitrogens with zero attached hydrogens (tertiary/aromatic N) is 2. The molecule has 0 aliphatic carbocycles. The Hall–Kier alpha value is -2.84. The number of ether oxygens (including phenoxy) is 1. The van der Waals surface area contributed by atoms with Gasteiger partial charge in [-0.15, -0.1) is 0 Å². The number of pyridine rings is 1. The normalized spacial score (nSPS) is 10.5. The van der Waals surface area contributed by atoms with Gasteiger partial charge in [-0.3, -0.25) is 4.79 Å². The third kappa shape index (κ3) is 3.10. The van der Waals surface area contributed by atoms with Crippen LogP contribution in [0.15, 0.2) is 48.8 Å². The Morgan fingerprint density at radius 2 is 2.12 bits per heavy atom. The van der Waals surface area contributed by atoms with E-state index in [4.69, 9.17) is 16.3 Å². The van der Waals surface area contributed by atoms with Gasteiger partial charge in [-0.1, -0.05) is 23.7 Å². The van der Waals surface area contributed by atoms with Crippen LogP contribution in [0.4, 0.5) is 4.39 Å². The van der Waals surface area contributed by atoms with Gasteiger partial charge in [0.1, 0.15) is 18.5 Å². The first-order valence-electron chi connectivity index (χ1n) is 7.17. The fourth-order valence-corrected chi connectivity index (χ4v) is 2.70. The molecule has 0 aliphatic rings. The number of nitriles is 1. The molecule has 0 unspecified atom stereocenters. The van der Waals surface area contributed by atoms with E-state index in [1.807, 2.05) is 18.2 Å². The standard InChI is InChI=1S/C18H12ClFN2O2/c19-15-4-3-5-16(20)13(15)8-18(23)24-11-12-10-22-7-2-1-6-17(22)14(12)9-21/h1-7,10H,8,11H2. The fraction of sp³-hybridized carbons (Fsp3) is 0.111. The van der Waals surface area contributed by atoms with Gasteiger partial charge in [-0.2, -0.15) is 5.26 Å². The van der Waals surface area contributed by atoms with Crippen LogP contribution >= 0.6 is 11.6 Å². The second-order valence-electron chi connectivity index (χ2n) is 5.17. The number of carbonyl (C=O) groups excluding carboxylic acids is 1. The van der Waals surface area contributed by atoms with Crippen molar-refractivity contribution in [3.8, 4) is 6.07 Å². The molecule has 0 saturated carbocycles. The summed E-state index contributed by atoms with van der Waals surface area (Å²) in [5.41, 5.74) is 1.89. The fourth-order valence-electron chi connectivity index (χ4n) is 2.47. The number of benzene rings is 1. The summed E-state index contributed by atoms with van der Waals surface area (Å²) in [5.74, 6) is -1.16. The van der Waals surface area contributed by atoms with Crippen LogP contribution in [0.25, 0.3) is 5.52 Å². The molecule has 0 saturated heterocycles. The van der Waals surface area contributed by atoms with Crippen LogP contribution in [-0.2, 0) is 22.6 Å². The molecule has 0 radical (unpaired) electrons. The number of hydrogen-bond acceptors (Lipinski definition) is 3. The summed E-state index contributed by atoms with van der Waals surface area (Å²) in [6.07, 6.45) is 3.28. The van der Waals surface area contributed by atoms with Crippen LogP contribution in [0.3, 0.4) is 0 Å². The average Bonchev–Trinajstić information content (AvgIpc) is 2.94. The molecule has 0 amide bonds. The van der Waals surface area contributed by atoms with Crippen LogP contribution in [-0.4, -0.2) is 10.4 Å². The highest BCUT2D eigenvalue weighted by Crippen LogP contribution is 2.21. The molecule has 0 N–H and O–H groups in total. The lowest BCUT2D eigenvalue weighted by molar-refractivity contribution is -0.144. The predicted octanol–water partition coefficient (Wildman–Crippen LogP) is 3.89. The van der Waals surface area contributed by atoms with Crippen molar-refractivity contribution in [3.05, 3.63) is 76.3 Å². The zero-order valence-corrected chi connectivity index (χ0v) is 13.3. The first-order chi connectivity index (χ1) is 11.6. The van der Waals surface area contributed by atoms with Crippen molar-refractivity contribution >= 4 is 23.1 Å². The van der Waals surface area contributed by atoms with Gasteiger partial charge in [0.05, 0.1) is 17.5 Å². The quantitative estimate of drug-likeness (QED) is 0.676. The molecule has 2 heterocycles. The van der Waals surface area contributed by atoms with Gasteiger partial charge in [-0.25, -0.2) is 4.39 Å². The number of aromatic nitrogens is 1. The van der Waals surface area contributed by atoms with Gasteiger partial charge in [0, 0.05) is 28.5 Å². The Kier molecular flexibility index (Phi) is 4.50. The summed E-state index contributed by atoms with van der Waals surface area (Å²) in [6.45, 7) is -0.0600. The van der Waals surface area contributed by atoms with Crippen LogP contribution < -0.4 is 0 Å². The Morgan fingerprint density at radius 3 is 2.88 bits per heavy atom. The van der Waals surface area contributed by atoms with E-state index in [9.17, 15) is 14.4 Å². The summed E-state index contributed by atoms with van der Waals surface area (Å²) in [6, 6.07) is 11.8. The van der Waals surface area contributed by atoms with Crippen LogP contribution in [0.1, 0.15) is 16.7 Å². The third-order valence-corrected chi connectivity index (χ3v) is 4.00. The number of esters is 1. The highest BCUT2D eigenvalue weighted by atomic mass is 35.5. The van der Waals surface area contributed by atoms with Gasteiger partial charge in [0.25, 0.3) is 0 Å². The van der Waals surface area contributed by atoms with E-state index in [-0.39, 0.29) is 23.6 Å². The molecule has 3 rings (SSSR count). The number of carbonyl (C=O) groups is 1. The highest BCUT2D eigenvalue weighted by Gasteiger charge is 2.15. The summed E-state index contributed by atoms with van der Waals surface area (Å²) in [5, 5.41) is 9.49. The molecular formula is C18H12ClFN2O2. The highest BCUT2D eigenvalue weighted by molar-refractivity contribution is 6.31. The Morgan fingerprint density at radius 1 is 1.29 bits per heavy atom. The van der Waals surface area contributed by atoms with Crippen molar-refractivity contribution in [1.82, 2.24) is 4.40 Å². The van der Waals surface area contributed by atoms with Crippen molar-refractivity contribution in [3.63, 3.8) is 0 Å². The minimum absolute atomic E-state index is 0.0600. The first kappa shape index (κ1) is 16.0. The Balaban J connectivity index is 1.74. The molecule has 120 valence electrons. The second kappa shape index (κ2) is 6.73. The molecular weight excluding hydrogens is 331 g/mol. The minimum atomic E-state index is -0.610. The molecule has 24 heavy (non-hydrogen) atoms. The lowest BCUT2D eigenvalue weighted by Crippen LogP contribution is -2.10. The SMILES string of the molecule is N#Cc1c(COC(=O)Cc2c(F)cccc2Cl)cn2ccccc12. The summed E-state index contributed by atoms with van der Waals surface area (Å²) in [4.78, 5) is 12.0. The maximum atomic E-state index is 13.7. The molecule has 3 aromatic rings. The molecule has 0 aliphatic heterocycles. The van der Waals surface area contributed by atoms with Crippen molar-refractivity contribution in [2.24, 2.45) is 0 Å². The van der Waals surface area contributed by atoms with Crippen molar-refractivity contribution in [2.75, 3.05) is 0 Å². The number of hydrogen-bond donors (Lipinski definition) is 0. The van der Waals surface area contributed by atoms with Crippen molar-refractivity contribution < 1.29 is 13.9 Å². The molecule has 1 aromatic carbocycles. The van der Waals surface area contributed by atoms with Gasteiger partial charge in [0.15, 0.2) is 0 Å². The second-order valence-corrected chi connectivity index (χ2v) is 5.58. The van der Waals surface area contributed by atoms with Gasteiger partial charge >= 0.3 is 5.97 Å². The maximum absolute atomic E-state index is 13.7. The van der Waals surface area contributed by atoms with Gasteiger partial charge < -0.3 is 9.14 Å². The van der Waals surface area contributed by atoms with E-state index in [0.717, 1.165) is 5.52 Å². The largest absolute Gasteiger partial charge is 0.460 e. The van der Waals surface area contributed by atoms with E-state index in [1.165, 1.54) is 18.2 Å². The van der Waals surface area contributed by atoms with Gasteiger partial charge in [-0.05, 0) is 24.3 Å². The monoisotopic (exact) mass is 342 g/mol. The Bertz CT molecular complexity index is 939. The van der Waals surface area contributed by atoms with Crippen molar-refractivity contribution in [2.45, 2.75) is 13.0 Å². The molecule has 6 heteroatoms. The molecule has 0 fully saturated rings. The molecule has 2 aromatic heterocycles. The maximum Gasteiger partial charge on any atom is 0.310 e. The van der Waals surface area contributed by atoms with E-state index >= 15 is 0 Å². The summed E-state index contributed by atoms with van der Waals surface area (Å²) in [7, 11) is 0. The zero-order valence-electron chi connectivity index (χ0n) is 12.5. The Labute approximate surface area is 142 Å². The predicted molar refractivity (Wildman–Crippen MR) is 87.0 cm³/mol. The van der Waals surface area contributed by atoms with E-state index in [0.29, 0.717) is 11.1 Å². The van der Waals surface area contributed by atoms with E-state index in [1.54, 1.807) is 16.8 Å². The number of rotatable bonds is 4. The summed E-state index contributed by atoms with van der Waals surface area (Å²) < 4.78 is 20.7. The smallest absolute Gasteiger partial charge is 0.310 e. The lowest BCUT2D eigenvalue weighted by atomic mass is 10.1. The van der Waals surface area contributed by atoms with Crippen molar-refractivity contribution in [1.29, 1.82) is 5.26 Å². The molecule has 0 spiro atoms. The topological polar surface area (TPSA) is 54.5 Å². The van der Waals surface area contributed by atoms with Gasteiger partial charge in [0.2, 0.25) is 0 Å². The number of fused-ring (bicyclic) bond motifs is 1.